The van der Waals surface area contributed by atoms with Crippen molar-refractivity contribution in [1.29, 1.82) is 0 Å². The normalized spacial score (nSPS) is 22.5. The lowest BCUT2D eigenvalue weighted by atomic mass is 9.85. The molecule has 4 N–H and O–H groups in total. The number of thiophene rings is 1. The molecule has 4 amide bonds. The first kappa shape index (κ1) is 49.8. The van der Waals surface area contributed by atoms with Crippen molar-refractivity contribution in [3.05, 3.63) is 88.1 Å². The van der Waals surface area contributed by atoms with Crippen LogP contribution in [0, 0.1) is 17.7 Å². The van der Waals surface area contributed by atoms with Crippen LogP contribution in [0.15, 0.2) is 60.9 Å². The highest BCUT2D eigenvalue weighted by Crippen LogP contribution is 2.49. The molecule has 4 aliphatic heterocycles. The topological polar surface area (TPSA) is 198 Å². The molecule has 10 rings (SSSR count). The van der Waals surface area contributed by atoms with Crippen molar-refractivity contribution in [2.75, 3.05) is 27.3 Å². The maximum atomic E-state index is 17.0. The maximum absolute atomic E-state index is 17.0. The Bertz CT molecular complexity index is 3040. The Morgan fingerprint density at radius 1 is 0.849 bits per heavy atom. The number of H-pyrrole nitrogens is 2. The molecule has 4 aromatic heterocycles. The average molecular weight is 1020 g/mol. The van der Waals surface area contributed by atoms with Crippen LogP contribution in [0.25, 0.3) is 44.7 Å². The number of benzene rings is 2. The summed E-state index contributed by atoms with van der Waals surface area (Å²) in [5.74, 6) is 0.772. The lowest BCUT2D eigenvalue weighted by Crippen LogP contribution is -2.54. The smallest absolute Gasteiger partial charge is 0.407 e. The quantitative estimate of drug-likeness (QED) is 0.0915. The Hall–Kier alpha value is -6.73. The monoisotopic (exact) mass is 1020 g/mol. The second-order valence-corrected chi connectivity index (χ2v) is 21.7. The van der Waals surface area contributed by atoms with E-state index in [2.05, 4.69) is 57.2 Å². The summed E-state index contributed by atoms with van der Waals surface area (Å²) in [6.07, 6.45) is 5.69. The molecule has 0 saturated carbocycles. The van der Waals surface area contributed by atoms with E-state index in [1.54, 1.807) is 22.4 Å². The first-order valence-corrected chi connectivity index (χ1v) is 26.2. The number of amides is 4. The van der Waals surface area contributed by atoms with Crippen LogP contribution in [-0.4, -0.2) is 110 Å². The highest BCUT2D eigenvalue weighted by Gasteiger charge is 2.43. The molecule has 386 valence electrons. The molecule has 4 aliphatic rings. The molecule has 3 fully saturated rings. The molecule has 0 bridgehead atoms. The van der Waals surface area contributed by atoms with Gasteiger partial charge in [0.1, 0.15) is 35.3 Å². The lowest BCUT2D eigenvalue weighted by Gasteiger charge is -2.38. The van der Waals surface area contributed by atoms with E-state index in [0.717, 1.165) is 34.2 Å². The number of carbonyl (C=O) groups is 4. The molecule has 6 aromatic rings. The Kier molecular flexibility index (Phi) is 13.9. The van der Waals surface area contributed by atoms with E-state index in [0.29, 0.717) is 90.3 Å². The Labute approximate surface area is 427 Å². The van der Waals surface area contributed by atoms with Gasteiger partial charge in [-0.3, -0.25) is 14.2 Å². The summed E-state index contributed by atoms with van der Waals surface area (Å²) >= 11 is 1.67. The summed E-state index contributed by atoms with van der Waals surface area (Å²) in [6, 6.07) is 13.4. The van der Waals surface area contributed by atoms with Crippen molar-refractivity contribution in [3.8, 4) is 39.5 Å². The number of carbonyl (C=O) groups excluding carboxylic acids is 4. The third-order valence-electron chi connectivity index (χ3n) is 14.9. The van der Waals surface area contributed by atoms with Crippen molar-refractivity contribution < 1.29 is 42.5 Å². The van der Waals surface area contributed by atoms with Gasteiger partial charge in [-0.1, -0.05) is 33.8 Å². The standard InChI is InChI=1S/C54H64FN9O8S/c1-27(2)43-15-16-44(73-43)52-64-38-14-13-31(36-25-56-48(58-36)40-12-10-18-63(40)51(66)47(61-54(68)70-8)34-19-29(5)71-30(6)20-34)21-33(38)23-41(64)45-35(55)22-32(24-42(45)72-52)37-26-57-49(59-37)39-11-9-17-62(39)50(65)46(28(3)4)60-53(67)69-7/h13-16,21-30,34,39-40,46-47,52H,9-12,17-20H2,1-8H3,(H,56,58)(H,57,59)(H,60,67)(H,61,68)/t29-,30+,34?,39-,40+,46+,47-,52?/m1/s1. The second-order valence-electron chi connectivity index (χ2n) is 20.6. The second kappa shape index (κ2) is 20.3. The van der Waals surface area contributed by atoms with Crippen molar-refractivity contribution >= 4 is 46.2 Å². The summed E-state index contributed by atoms with van der Waals surface area (Å²) in [4.78, 5) is 75.3. The van der Waals surface area contributed by atoms with Gasteiger partial charge in [-0.2, -0.15) is 0 Å². The first-order chi connectivity index (χ1) is 35.1. The molecule has 3 saturated heterocycles. The number of imidazole rings is 2. The number of hydrogen-bond acceptors (Lipinski definition) is 11. The number of methoxy groups -OCH3 is 2. The van der Waals surface area contributed by atoms with E-state index in [4.69, 9.17) is 28.9 Å². The summed E-state index contributed by atoms with van der Waals surface area (Å²) in [7, 11) is 2.57. The largest absolute Gasteiger partial charge is 0.464 e. The van der Waals surface area contributed by atoms with Crippen molar-refractivity contribution in [1.82, 2.24) is 44.9 Å². The van der Waals surface area contributed by atoms with Gasteiger partial charge in [0.2, 0.25) is 18.0 Å². The van der Waals surface area contributed by atoms with Gasteiger partial charge in [-0.05, 0) is 113 Å². The van der Waals surface area contributed by atoms with Crippen LogP contribution in [0.1, 0.15) is 126 Å². The van der Waals surface area contributed by atoms with Gasteiger partial charge in [-0.15, -0.1) is 11.3 Å². The zero-order valence-corrected chi connectivity index (χ0v) is 43.3. The summed E-state index contributed by atoms with van der Waals surface area (Å²) in [5.41, 5.74) is 4.51. The number of rotatable bonds is 12. The number of hydrogen-bond donors (Lipinski definition) is 4. The van der Waals surface area contributed by atoms with Gasteiger partial charge in [0.25, 0.3) is 0 Å². The highest BCUT2D eigenvalue weighted by molar-refractivity contribution is 7.12. The van der Waals surface area contributed by atoms with Crippen LogP contribution >= 0.6 is 11.3 Å². The summed E-state index contributed by atoms with van der Waals surface area (Å²) in [5, 5.41) is 6.42. The summed E-state index contributed by atoms with van der Waals surface area (Å²) < 4.78 is 41.7. The summed E-state index contributed by atoms with van der Waals surface area (Å²) in [6.45, 7) is 13.1. The molecule has 8 heterocycles. The molecule has 19 heteroatoms. The number of nitrogens with zero attached hydrogens (tertiary/aromatic N) is 5. The van der Waals surface area contributed by atoms with Gasteiger partial charge in [0, 0.05) is 40.7 Å². The van der Waals surface area contributed by atoms with E-state index in [9.17, 15) is 19.2 Å². The van der Waals surface area contributed by atoms with Crippen LogP contribution in [0.5, 0.6) is 5.75 Å². The number of ether oxygens (including phenoxy) is 4. The number of aromatic amines is 2. The third-order valence-corrected chi connectivity index (χ3v) is 16.3. The molecule has 8 atom stereocenters. The van der Waals surface area contributed by atoms with E-state index >= 15 is 4.39 Å². The average Bonchev–Trinajstić information content (AvgIpc) is 4.23. The van der Waals surface area contributed by atoms with Crippen LogP contribution < -0.4 is 15.4 Å². The number of aromatic nitrogens is 5. The zero-order chi connectivity index (χ0) is 51.4. The minimum atomic E-state index is -0.774. The number of alkyl carbamates (subject to hydrolysis) is 2. The molecule has 73 heavy (non-hydrogen) atoms. The van der Waals surface area contributed by atoms with Gasteiger partial charge in [-0.25, -0.2) is 23.9 Å². The first-order valence-electron chi connectivity index (χ1n) is 25.4. The number of nitrogens with one attached hydrogen (secondary N) is 4. The number of fused-ring (bicyclic) bond motifs is 5. The maximum Gasteiger partial charge on any atom is 0.407 e. The third kappa shape index (κ3) is 9.57. The van der Waals surface area contributed by atoms with Crippen molar-refractivity contribution in [2.45, 2.75) is 129 Å². The molecular weight excluding hydrogens is 954 g/mol. The van der Waals surface area contributed by atoms with Crippen LogP contribution in [-0.2, 0) is 23.8 Å². The predicted octanol–water partition coefficient (Wildman–Crippen LogP) is 9.99. The van der Waals surface area contributed by atoms with Gasteiger partial charge in [0.15, 0.2) is 0 Å². The molecule has 0 spiro atoms. The van der Waals surface area contributed by atoms with E-state index in [1.165, 1.54) is 25.2 Å². The highest BCUT2D eigenvalue weighted by atomic mass is 32.1. The fourth-order valence-electron chi connectivity index (χ4n) is 11.4. The lowest BCUT2D eigenvalue weighted by molar-refractivity contribution is -0.138. The molecular formula is C54H64FN9O8S. The van der Waals surface area contributed by atoms with Crippen LogP contribution in [0.4, 0.5) is 14.0 Å². The molecule has 2 aromatic carbocycles. The minimum Gasteiger partial charge on any atom is -0.464 e. The fourth-order valence-corrected chi connectivity index (χ4v) is 12.4. The van der Waals surface area contributed by atoms with E-state index in [1.807, 2.05) is 63.1 Å². The van der Waals surface area contributed by atoms with Crippen LogP contribution in [0.2, 0.25) is 0 Å². The Balaban J connectivity index is 0.953. The van der Waals surface area contributed by atoms with Gasteiger partial charge >= 0.3 is 12.2 Å². The Morgan fingerprint density at radius 3 is 2.23 bits per heavy atom. The van der Waals surface area contributed by atoms with Gasteiger partial charge < -0.3 is 49.3 Å². The van der Waals surface area contributed by atoms with Gasteiger partial charge in [0.05, 0.1) is 77.7 Å². The SMILES string of the molecule is COC(=O)N[C@H](C(=O)N1CCC[C@@H]1c1ncc(-c2cc(F)c3c(c2)OC(c2ccc(C(C)C)s2)n2c-3cc3cc(-c4c[nH]c([C@@H]5CCCN5C(=O)[C@H](NC(=O)OC)C5C[C@@H](C)O[C@@H](C)C5)n4)ccc32)[nH]1)C(C)C. The molecule has 0 radical (unpaired) electrons. The fraction of sp³-hybridized carbons (Fsp3) is 0.481. The number of likely N-dealkylation sites (tertiary alicyclic amines) is 2. The van der Waals surface area contributed by atoms with E-state index in [-0.39, 0.29) is 47.9 Å². The Morgan fingerprint density at radius 2 is 1.55 bits per heavy atom. The molecule has 2 unspecified atom stereocenters. The zero-order valence-electron chi connectivity index (χ0n) is 42.5. The molecule has 17 nitrogen and oxygen atoms in total. The van der Waals surface area contributed by atoms with Crippen molar-refractivity contribution in [3.63, 3.8) is 0 Å². The molecule has 0 aliphatic carbocycles. The number of halogens is 1. The predicted molar refractivity (Wildman–Crippen MR) is 273 cm³/mol. The van der Waals surface area contributed by atoms with Crippen molar-refractivity contribution in [2.24, 2.45) is 11.8 Å². The minimum absolute atomic E-state index is 0.0516. The van der Waals surface area contributed by atoms with Crippen LogP contribution in [0.3, 0.4) is 0 Å². The van der Waals surface area contributed by atoms with E-state index < -0.39 is 36.3 Å².